The maximum absolute atomic E-state index is 12.9. The van der Waals surface area contributed by atoms with Crippen LogP contribution in [0.2, 0.25) is 0 Å². The van der Waals surface area contributed by atoms with Crippen LogP contribution in [-0.4, -0.2) is 5.91 Å². The first-order valence-electron chi connectivity index (χ1n) is 10.3. The van der Waals surface area contributed by atoms with E-state index in [2.05, 4.69) is 22.8 Å². The van der Waals surface area contributed by atoms with Crippen LogP contribution in [0, 0.1) is 11.3 Å². The molecule has 0 aromatic heterocycles. The zero-order chi connectivity index (χ0) is 22.4. The Kier molecular flexibility index (Phi) is 7.01. The molecule has 1 aliphatic rings. The molecule has 0 heterocycles. The Bertz CT molecular complexity index is 1020. The Morgan fingerprint density at radius 3 is 2.58 bits per heavy atom. The number of hydrogen-bond donors (Lipinski definition) is 2. The van der Waals surface area contributed by atoms with Gasteiger partial charge in [-0.2, -0.15) is 18.4 Å². The molecular weight excluding hydrogens is 403 g/mol. The van der Waals surface area contributed by atoms with Crippen LogP contribution >= 0.6 is 0 Å². The van der Waals surface area contributed by atoms with Gasteiger partial charge in [0, 0.05) is 11.9 Å². The largest absolute Gasteiger partial charge is 0.416 e. The van der Waals surface area contributed by atoms with E-state index in [0.717, 1.165) is 43.2 Å². The summed E-state index contributed by atoms with van der Waals surface area (Å²) in [5.74, 6) is -0.577. The molecule has 0 saturated carbocycles. The molecule has 31 heavy (non-hydrogen) atoms. The van der Waals surface area contributed by atoms with Crippen LogP contribution in [0.4, 0.5) is 18.9 Å². The van der Waals surface area contributed by atoms with Crippen molar-refractivity contribution in [1.82, 2.24) is 5.32 Å². The molecule has 7 heteroatoms. The molecule has 162 valence electrons. The highest BCUT2D eigenvalue weighted by atomic mass is 19.4. The first kappa shape index (κ1) is 22.4. The van der Waals surface area contributed by atoms with Gasteiger partial charge in [-0.25, -0.2) is 0 Å². The van der Waals surface area contributed by atoms with Gasteiger partial charge in [0.05, 0.1) is 11.6 Å². The van der Waals surface area contributed by atoms with Crippen molar-refractivity contribution in [1.29, 1.82) is 5.26 Å². The first-order chi connectivity index (χ1) is 14.8. The second-order valence-electron chi connectivity index (χ2n) is 7.56. The molecule has 2 aromatic rings. The van der Waals surface area contributed by atoms with Gasteiger partial charge in [0.15, 0.2) is 0 Å². The average Bonchev–Trinajstić information content (AvgIpc) is 2.77. The third-order valence-corrected chi connectivity index (χ3v) is 5.43. The van der Waals surface area contributed by atoms with Crippen molar-refractivity contribution in [2.24, 2.45) is 0 Å². The summed E-state index contributed by atoms with van der Waals surface area (Å²) >= 11 is 0. The van der Waals surface area contributed by atoms with Gasteiger partial charge in [0.1, 0.15) is 11.6 Å². The summed E-state index contributed by atoms with van der Waals surface area (Å²) < 4.78 is 38.6. The molecule has 0 radical (unpaired) electrons. The second-order valence-corrected chi connectivity index (χ2v) is 7.56. The van der Waals surface area contributed by atoms with E-state index < -0.39 is 17.6 Å². The van der Waals surface area contributed by atoms with E-state index in [9.17, 15) is 23.2 Å². The number of fused-ring (bicyclic) bond motifs is 1. The van der Waals surface area contributed by atoms with Crippen LogP contribution in [0.1, 0.15) is 54.5 Å². The summed E-state index contributed by atoms with van der Waals surface area (Å²) in [5, 5.41) is 14.9. The van der Waals surface area contributed by atoms with E-state index >= 15 is 0 Å². The fourth-order valence-electron chi connectivity index (χ4n) is 3.72. The summed E-state index contributed by atoms with van der Waals surface area (Å²) in [6, 6.07) is 12.4. The SMILES string of the molecule is CCC(NC(=O)/C(C#N)=C\Nc1cccc(C(F)(F)F)c1)c1ccc2c(c1)CCCC2. The van der Waals surface area contributed by atoms with Gasteiger partial charge in [-0.15, -0.1) is 0 Å². The number of nitrogens with zero attached hydrogens (tertiary/aromatic N) is 1. The molecule has 0 fully saturated rings. The fourth-order valence-corrected chi connectivity index (χ4v) is 3.72. The Labute approximate surface area is 179 Å². The molecule has 1 amide bonds. The lowest BCUT2D eigenvalue weighted by atomic mass is 9.88. The van der Waals surface area contributed by atoms with Crippen LogP contribution in [0.3, 0.4) is 0 Å². The van der Waals surface area contributed by atoms with Gasteiger partial charge in [0.25, 0.3) is 5.91 Å². The standard InChI is InChI=1S/C24H24F3N3O/c1-2-22(18-11-10-16-6-3-4-7-17(16)12-18)30-23(31)19(14-28)15-29-21-9-5-8-20(13-21)24(25,26)27/h5,8-13,15,22,29H,2-4,6-7H2,1H3,(H,30,31)/b19-15-. The van der Waals surface area contributed by atoms with Gasteiger partial charge in [-0.1, -0.05) is 31.2 Å². The van der Waals surface area contributed by atoms with Crippen molar-refractivity contribution in [3.63, 3.8) is 0 Å². The molecule has 1 unspecified atom stereocenters. The summed E-state index contributed by atoms with van der Waals surface area (Å²) in [6.07, 6.45) is 1.74. The molecular formula is C24H24F3N3O. The normalized spacial score (nSPS) is 14.9. The number of anilines is 1. The lowest BCUT2D eigenvalue weighted by Crippen LogP contribution is -2.29. The molecule has 0 spiro atoms. The van der Waals surface area contributed by atoms with Crippen LogP contribution in [0.5, 0.6) is 0 Å². The topological polar surface area (TPSA) is 64.9 Å². The third kappa shape index (κ3) is 5.66. The quantitative estimate of drug-likeness (QED) is 0.461. The predicted molar refractivity (Wildman–Crippen MR) is 113 cm³/mol. The highest BCUT2D eigenvalue weighted by molar-refractivity contribution is 5.97. The van der Waals surface area contributed by atoms with Gasteiger partial charge in [-0.3, -0.25) is 4.79 Å². The maximum Gasteiger partial charge on any atom is 0.416 e. The maximum atomic E-state index is 12.9. The van der Waals surface area contributed by atoms with E-state index in [-0.39, 0.29) is 17.3 Å². The number of benzene rings is 2. The highest BCUT2D eigenvalue weighted by Crippen LogP contribution is 2.31. The Morgan fingerprint density at radius 2 is 1.90 bits per heavy atom. The van der Waals surface area contributed by atoms with E-state index in [1.807, 2.05) is 19.1 Å². The van der Waals surface area contributed by atoms with E-state index in [4.69, 9.17) is 0 Å². The number of amides is 1. The predicted octanol–water partition coefficient (Wildman–Crippen LogP) is 5.67. The van der Waals surface area contributed by atoms with Gasteiger partial charge < -0.3 is 10.6 Å². The van der Waals surface area contributed by atoms with Crippen molar-refractivity contribution in [3.8, 4) is 6.07 Å². The number of alkyl halides is 3. The number of rotatable bonds is 6. The number of nitriles is 1. The van der Waals surface area contributed by atoms with Gasteiger partial charge >= 0.3 is 6.18 Å². The lowest BCUT2D eigenvalue weighted by Gasteiger charge is -2.21. The highest BCUT2D eigenvalue weighted by Gasteiger charge is 2.30. The van der Waals surface area contributed by atoms with Crippen LogP contribution in [-0.2, 0) is 23.8 Å². The smallest absolute Gasteiger partial charge is 0.360 e. The van der Waals surface area contributed by atoms with E-state index in [1.165, 1.54) is 29.7 Å². The summed E-state index contributed by atoms with van der Waals surface area (Å²) in [7, 11) is 0. The number of carbonyl (C=O) groups excluding carboxylic acids is 1. The molecule has 1 atom stereocenters. The lowest BCUT2D eigenvalue weighted by molar-refractivity contribution is -0.137. The molecule has 4 nitrogen and oxygen atoms in total. The average molecular weight is 427 g/mol. The number of nitrogens with one attached hydrogen (secondary N) is 2. The number of hydrogen-bond acceptors (Lipinski definition) is 3. The van der Waals surface area contributed by atoms with Crippen molar-refractivity contribution in [2.75, 3.05) is 5.32 Å². The molecule has 2 N–H and O–H groups in total. The number of carbonyl (C=O) groups is 1. The Morgan fingerprint density at radius 1 is 1.16 bits per heavy atom. The van der Waals surface area contributed by atoms with Crippen molar-refractivity contribution < 1.29 is 18.0 Å². The molecule has 0 saturated heterocycles. The third-order valence-electron chi connectivity index (χ3n) is 5.43. The summed E-state index contributed by atoms with van der Waals surface area (Å²) in [5.41, 5.74) is 2.75. The summed E-state index contributed by atoms with van der Waals surface area (Å²) in [4.78, 5) is 12.6. The minimum Gasteiger partial charge on any atom is -0.360 e. The number of halogens is 3. The van der Waals surface area contributed by atoms with E-state index in [1.54, 1.807) is 0 Å². The molecule has 1 aliphatic carbocycles. The van der Waals surface area contributed by atoms with Crippen LogP contribution in [0.15, 0.2) is 54.2 Å². The zero-order valence-corrected chi connectivity index (χ0v) is 17.2. The molecule has 3 rings (SSSR count). The monoisotopic (exact) mass is 427 g/mol. The molecule has 0 aliphatic heterocycles. The zero-order valence-electron chi connectivity index (χ0n) is 17.2. The van der Waals surface area contributed by atoms with Crippen molar-refractivity contribution in [2.45, 2.75) is 51.2 Å². The van der Waals surface area contributed by atoms with Crippen LogP contribution < -0.4 is 10.6 Å². The van der Waals surface area contributed by atoms with Gasteiger partial charge in [0.2, 0.25) is 0 Å². The Hall–Kier alpha value is -3.27. The second kappa shape index (κ2) is 9.69. The minimum absolute atomic E-state index is 0.136. The molecule has 2 aromatic carbocycles. The fraction of sp³-hybridized carbons (Fsp3) is 0.333. The molecule has 0 bridgehead atoms. The van der Waals surface area contributed by atoms with E-state index in [0.29, 0.717) is 6.42 Å². The first-order valence-corrected chi connectivity index (χ1v) is 10.3. The Balaban J connectivity index is 1.72. The minimum atomic E-state index is -4.47. The van der Waals surface area contributed by atoms with Crippen LogP contribution in [0.25, 0.3) is 0 Å². The van der Waals surface area contributed by atoms with Crippen molar-refractivity contribution >= 4 is 11.6 Å². The number of aryl methyl sites for hydroxylation is 2. The summed E-state index contributed by atoms with van der Waals surface area (Å²) in [6.45, 7) is 1.95. The van der Waals surface area contributed by atoms with Crippen molar-refractivity contribution in [3.05, 3.63) is 76.5 Å². The van der Waals surface area contributed by atoms with Gasteiger partial charge in [-0.05, 0) is 67.0 Å².